The van der Waals surface area contributed by atoms with Crippen LogP contribution in [-0.4, -0.2) is 0 Å². The Kier molecular flexibility index (Phi) is 2.58. The molecule has 3 rings (SSSR count). The SMILES string of the molecule is Cc1cc(F)c(-c2ccc3c(c2)CCC3)cc1N. The molecule has 0 fully saturated rings. The predicted molar refractivity (Wildman–Crippen MR) is 73.0 cm³/mol. The van der Waals surface area contributed by atoms with E-state index in [1.54, 1.807) is 6.07 Å². The van der Waals surface area contributed by atoms with Gasteiger partial charge in [-0.15, -0.1) is 0 Å². The molecule has 2 heteroatoms. The zero-order valence-electron chi connectivity index (χ0n) is 10.5. The van der Waals surface area contributed by atoms with E-state index in [4.69, 9.17) is 5.73 Å². The van der Waals surface area contributed by atoms with E-state index in [-0.39, 0.29) is 5.82 Å². The molecule has 1 nitrogen and oxygen atoms in total. The molecular weight excluding hydrogens is 225 g/mol. The molecule has 0 saturated heterocycles. The van der Waals surface area contributed by atoms with Crippen LogP contribution in [-0.2, 0) is 12.8 Å². The van der Waals surface area contributed by atoms with E-state index in [2.05, 4.69) is 12.1 Å². The van der Waals surface area contributed by atoms with E-state index in [0.717, 1.165) is 24.0 Å². The third-order valence-electron chi connectivity index (χ3n) is 3.77. The number of hydrogen-bond acceptors (Lipinski definition) is 1. The largest absolute Gasteiger partial charge is 0.398 e. The molecule has 0 radical (unpaired) electrons. The summed E-state index contributed by atoms with van der Waals surface area (Å²) >= 11 is 0. The van der Waals surface area contributed by atoms with Crippen LogP contribution in [0.2, 0.25) is 0 Å². The Labute approximate surface area is 106 Å². The molecule has 0 aromatic heterocycles. The zero-order chi connectivity index (χ0) is 12.7. The standard InChI is InChI=1S/C16H16FN/c1-10-7-15(17)14(9-16(10)18)13-6-5-11-3-2-4-12(11)8-13/h5-9H,2-4,18H2,1H3. The molecule has 2 aromatic rings. The number of rotatable bonds is 1. The fourth-order valence-corrected chi connectivity index (χ4v) is 2.65. The van der Waals surface area contributed by atoms with Gasteiger partial charge in [-0.3, -0.25) is 0 Å². The van der Waals surface area contributed by atoms with Crippen molar-refractivity contribution in [1.82, 2.24) is 0 Å². The van der Waals surface area contributed by atoms with Crippen LogP contribution in [0.1, 0.15) is 23.1 Å². The van der Waals surface area contributed by atoms with E-state index in [1.165, 1.54) is 23.6 Å². The van der Waals surface area contributed by atoms with Crippen LogP contribution in [0.3, 0.4) is 0 Å². The van der Waals surface area contributed by atoms with Crippen LogP contribution in [0.25, 0.3) is 11.1 Å². The van der Waals surface area contributed by atoms with Crippen molar-refractivity contribution in [3.8, 4) is 11.1 Å². The number of benzene rings is 2. The van der Waals surface area contributed by atoms with Crippen LogP contribution in [0.4, 0.5) is 10.1 Å². The zero-order valence-corrected chi connectivity index (χ0v) is 10.5. The molecule has 0 unspecified atom stereocenters. The first-order chi connectivity index (χ1) is 8.65. The van der Waals surface area contributed by atoms with Crippen molar-refractivity contribution < 1.29 is 4.39 Å². The summed E-state index contributed by atoms with van der Waals surface area (Å²) in [4.78, 5) is 0. The Morgan fingerprint density at radius 1 is 1.06 bits per heavy atom. The smallest absolute Gasteiger partial charge is 0.131 e. The van der Waals surface area contributed by atoms with Crippen molar-refractivity contribution in [2.75, 3.05) is 5.73 Å². The summed E-state index contributed by atoms with van der Waals surface area (Å²) in [5.74, 6) is -0.195. The lowest BCUT2D eigenvalue weighted by Crippen LogP contribution is -1.94. The second kappa shape index (κ2) is 4.13. The molecule has 2 N–H and O–H groups in total. The van der Waals surface area contributed by atoms with E-state index in [1.807, 2.05) is 13.0 Å². The van der Waals surface area contributed by atoms with E-state index in [9.17, 15) is 4.39 Å². The van der Waals surface area contributed by atoms with E-state index < -0.39 is 0 Å². The first-order valence-electron chi connectivity index (χ1n) is 6.33. The van der Waals surface area contributed by atoms with Gasteiger partial charge in [0.2, 0.25) is 0 Å². The second-order valence-electron chi connectivity index (χ2n) is 5.03. The average Bonchev–Trinajstić information content (AvgIpc) is 2.80. The van der Waals surface area contributed by atoms with Gasteiger partial charge in [0.05, 0.1) is 0 Å². The average molecular weight is 241 g/mol. The maximum atomic E-state index is 14.0. The minimum atomic E-state index is -0.195. The number of aryl methyl sites for hydroxylation is 3. The summed E-state index contributed by atoms with van der Waals surface area (Å²) in [6.45, 7) is 1.82. The van der Waals surface area contributed by atoms with Crippen molar-refractivity contribution in [3.63, 3.8) is 0 Å². The van der Waals surface area contributed by atoms with E-state index >= 15 is 0 Å². The Morgan fingerprint density at radius 3 is 2.67 bits per heavy atom. The van der Waals surface area contributed by atoms with Gasteiger partial charge in [-0.1, -0.05) is 18.2 Å². The summed E-state index contributed by atoms with van der Waals surface area (Å²) in [5.41, 5.74) is 11.6. The Morgan fingerprint density at radius 2 is 1.83 bits per heavy atom. The minimum absolute atomic E-state index is 0.195. The first kappa shape index (κ1) is 11.3. The van der Waals surface area contributed by atoms with Crippen LogP contribution in [0.15, 0.2) is 30.3 Å². The summed E-state index contributed by atoms with van der Waals surface area (Å²) in [6, 6.07) is 9.47. The number of nitrogen functional groups attached to an aromatic ring is 1. The number of halogens is 1. The normalized spacial score (nSPS) is 13.7. The molecule has 2 aromatic carbocycles. The maximum Gasteiger partial charge on any atom is 0.131 e. The molecular formula is C16H16FN. The number of hydrogen-bond donors (Lipinski definition) is 1. The van der Waals surface area contributed by atoms with Crippen molar-refractivity contribution >= 4 is 5.69 Å². The molecule has 0 bridgehead atoms. The third kappa shape index (κ3) is 1.78. The highest BCUT2D eigenvalue weighted by Crippen LogP contribution is 2.31. The lowest BCUT2D eigenvalue weighted by Gasteiger charge is -2.09. The topological polar surface area (TPSA) is 26.0 Å². The minimum Gasteiger partial charge on any atom is -0.398 e. The van der Waals surface area contributed by atoms with Crippen LogP contribution in [0.5, 0.6) is 0 Å². The Bertz CT molecular complexity index is 617. The highest BCUT2D eigenvalue weighted by Gasteiger charge is 2.13. The highest BCUT2D eigenvalue weighted by atomic mass is 19.1. The quantitative estimate of drug-likeness (QED) is 0.753. The van der Waals surface area contributed by atoms with Crippen LogP contribution in [0, 0.1) is 12.7 Å². The van der Waals surface area contributed by atoms with Gasteiger partial charge in [-0.25, -0.2) is 4.39 Å². The van der Waals surface area contributed by atoms with Crippen molar-refractivity contribution in [1.29, 1.82) is 0 Å². The lowest BCUT2D eigenvalue weighted by molar-refractivity contribution is 0.630. The summed E-state index contributed by atoms with van der Waals surface area (Å²) in [5, 5.41) is 0. The van der Waals surface area contributed by atoms with Gasteiger partial charge >= 0.3 is 0 Å². The molecule has 0 aliphatic heterocycles. The predicted octanol–water partition coefficient (Wildman–Crippen LogP) is 3.87. The molecule has 0 saturated carbocycles. The van der Waals surface area contributed by atoms with Gasteiger partial charge in [0.15, 0.2) is 0 Å². The van der Waals surface area contributed by atoms with Gasteiger partial charge in [0, 0.05) is 11.3 Å². The number of fused-ring (bicyclic) bond motifs is 1. The Hall–Kier alpha value is -1.83. The second-order valence-corrected chi connectivity index (χ2v) is 5.03. The van der Waals surface area contributed by atoms with Crippen LogP contribution < -0.4 is 5.73 Å². The molecule has 0 heterocycles. The number of anilines is 1. The van der Waals surface area contributed by atoms with Gasteiger partial charge in [0.25, 0.3) is 0 Å². The summed E-state index contributed by atoms with van der Waals surface area (Å²) < 4.78 is 14.0. The lowest BCUT2D eigenvalue weighted by atomic mass is 9.98. The van der Waals surface area contributed by atoms with Crippen molar-refractivity contribution in [2.45, 2.75) is 26.2 Å². The van der Waals surface area contributed by atoms with Gasteiger partial charge in [-0.2, -0.15) is 0 Å². The summed E-state index contributed by atoms with van der Waals surface area (Å²) in [6.07, 6.45) is 3.46. The van der Waals surface area contributed by atoms with E-state index in [0.29, 0.717) is 11.3 Å². The molecule has 0 atom stereocenters. The van der Waals surface area contributed by atoms with Crippen molar-refractivity contribution in [2.24, 2.45) is 0 Å². The van der Waals surface area contributed by atoms with Crippen LogP contribution >= 0.6 is 0 Å². The monoisotopic (exact) mass is 241 g/mol. The van der Waals surface area contributed by atoms with Crippen molar-refractivity contribution in [3.05, 3.63) is 52.8 Å². The van der Waals surface area contributed by atoms with Gasteiger partial charge in [-0.05, 0) is 60.6 Å². The van der Waals surface area contributed by atoms with Gasteiger partial charge in [0.1, 0.15) is 5.82 Å². The maximum absolute atomic E-state index is 14.0. The first-order valence-corrected chi connectivity index (χ1v) is 6.33. The number of nitrogens with two attached hydrogens (primary N) is 1. The van der Waals surface area contributed by atoms with Gasteiger partial charge < -0.3 is 5.73 Å². The Balaban J connectivity index is 2.12. The molecule has 0 amide bonds. The summed E-state index contributed by atoms with van der Waals surface area (Å²) in [7, 11) is 0. The fourth-order valence-electron chi connectivity index (χ4n) is 2.65. The molecule has 1 aliphatic carbocycles. The molecule has 92 valence electrons. The fraction of sp³-hybridized carbons (Fsp3) is 0.250. The molecule has 0 spiro atoms. The third-order valence-corrected chi connectivity index (χ3v) is 3.77. The molecule has 1 aliphatic rings. The molecule has 18 heavy (non-hydrogen) atoms. The highest BCUT2D eigenvalue weighted by molar-refractivity contribution is 5.70.